The van der Waals surface area contributed by atoms with Crippen LogP contribution in [-0.4, -0.2) is 10.9 Å². The van der Waals surface area contributed by atoms with E-state index in [0.29, 0.717) is 20.2 Å². The third kappa shape index (κ3) is 3.59. The summed E-state index contributed by atoms with van der Waals surface area (Å²) < 4.78 is 0.662. The highest BCUT2D eigenvalue weighted by molar-refractivity contribution is 9.10. The third-order valence-corrected chi connectivity index (χ3v) is 4.32. The van der Waals surface area contributed by atoms with Gasteiger partial charge in [0.25, 0.3) is 5.91 Å². The molecule has 0 atom stereocenters. The number of rotatable bonds is 2. The van der Waals surface area contributed by atoms with Crippen molar-refractivity contribution in [1.29, 1.82) is 0 Å². The fourth-order valence-electron chi connectivity index (χ4n) is 1.51. The molecule has 1 aromatic carbocycles. The minimum atomic E-state index is -0.205. The molecular weight excluding hydrogens is 360 g/mol. The number of anilines is 1. The lowest BCUT2D eigenvalue weighted by Crippen LogP contribution is -2.14. The second-order valence-corrected chi connectivity index (χ2v) is 7.52. The number of thiazole rings is 1. The zero-order valence-corrected chi connectivity index (χ0v) is 14.5. The predicted molar refractivity (Wildman–Crippen MR) is 87.9 cm³/mol. The maximum Gasteiger partial charge on any atom is 0.258 e. The quantitative estimate of drug-likeness (QED) is 0.795. The number of hydrogen-bond acceptors (Lipinski definition) is 3. The summed E-state index contributed by atoms with van der Waals surface area (Å²) in [6, 6.07) is 5.06. The minimum absolute atomic E-state index is 0.0274. The molecule has 1 aromatic heterocycles. The van der Waals surface area contributed by atoms with Crippen LogP contribution < -0.4 is 5.32 Å². The van der Waals surface area contributed by atoms with E-state index in [-0.39, 0.29) is 11.3 Å². The number of benzene rings is 1. The zero-order chi connectivity index (χ0) is 14.9. The lowest BCUT2D eigenvalue weighted by molar-refractivity contribution is 0.102. The van der Waals surface area contributed by atoms with E-state index in [0.717, 1.165) is 5.69 Å². The van der Waals surface area contributed by atoms with Crippen LogP contribution in [0.1, 0.15) is 36.8 Å². The highest BCUT2D eigenvalue weighted by Gasteiger charge is 2.19. The van der Waals surface area contributed by atoms with Gasteiger partial charge in [0.2, 0.25) is 0 Å². The Kier molecular flexibility index (Phi) is 4.52. The molecule has 6 heteroatoms. The predicted octanol–water partition coefficient (Wildman–Crippen LogP) is 5.11. The van der Waals surface area contributed by atoms with Crippen molar-refractivity contribution in [2.45, 2.75) is 26.2 Å². The van der Waals surface area contributed by atoms with Crippen molar-refractivity contribution in [1.82, 2.24) is 4.98 Å². The monoisotopic (exact) mass is 372 g/mol. The van der Waals surface area contributed by atoms with Gasteiger partial charge < -0.3 is 0 Å². The normalized spacial score (nSPS) is 11.4. The molecular formula is C14H14BrClN2OS. The van der Waals surface area contributed by atoms with E-state index >= 15 is 0 Å². The van der Waals surface area contributed by atoms with Gasteiger partial charge in [0.05, 0.1) is 11.3 Å². The molecule has 2 aromatic rings. The maximum atomic E-state index is 12.2. The number of carbonyl (C=O) groups excluding carboxylic acids is 1. The molecule has 0 unspecified atom stereocenters. The van der Waals surface area contributed by atoms with E-state index < -0.39 is 0 Å². The molecule has 0 bridgehead atoms. The molecule has 0 spiro atoms. The van der Waals surface area contributed by atoms with E-state index in [9.17, 15) is 4.79 Å². The van der Waals surface area contributed by atoms with Crippen molar-refractivity contribution >= 4 is 49.9 Å². The van der Waals surface area contributed by atoms with Crippen LogP contribution in [0.15, 0.2) is 28.1 Å². The van der Waals surface area contributed by atoms with Gasteiger partial charge in [-0.15, -0.1) is 11.3 Å². The summed E-state index contributed by atoms with van der Waals surface area (Å²) in [5.74, 6) is -0.205. The summed E-state index contributed by atoms with van der Waals surface area (Å²) in [6.07, 6.45) is 0. The van der Waals surface area contributed by atoms with Crippen molar-refractivity contribution in [2.75, 3.05) is 5.32 Å². The molecule has 0 radical (unpaired) electrons. The number of carbonyl (C=O) groups is 1. The van der Waals surface area contributed by atoms with Crippen molar-refractivity contribution in [3.8, 4) is 0 Å². The molecule has 1 heterocycles. The van der Waals surface area contributed by atoms with Crippen molar-refractivity contribution in [3.05, 3.63) is 44.3 Å². The van der Waals surface area contributed by atoms with Gasteiger partial charge in [-0.25, -0.2) is 4.98 Å². The third-order valence-electron chi connectivity index (χ3n) is 2.67. The molecule has 0 aliphatic heterocycles. The topological polar surface area (TPSA) is 42.0 Å². The maximum absolute atomic E-state index is 12.2. The molecule has 20 heavy (non-hydrogen) atoms. The summed E-state index contributed by atoms with van der Waals surface area (Å²) in [7, 11) is 0. The molecule has 0 fully saturated rings. The van der Waals surface area contributed by atoms with Gasteiger partial charge in [0.1, 0.15) is 0 Å². The zero-order valence-electron chi connectivity index (χ0n) is 11.3. The van der Waals surface area contributed by atoms with Crippen molar-refractivity contribution in [2.24, 2.45) is 0 Å². The summed E-state index contributed by atoms with van der Waals surface area (Å²) in [4.78, 5) is 16.6. The van der Waals surface area contributed by atoms with E-state index in [2.05, 4.69) is 47.0 Å². The van der Waals surface area contributed by atoms with Crippen LogP contribution in [0.4, 0.5) is 5.13 Å². The highest BCUT2D eigenvalue weighted by atomic mass is 79.9. The Morgan fingerprint density at radius 2 is 2.10 bits per heavy atom. The first-order valence-electron chi connectivity index (χ1n) is 6.00. The first-order chi connectivity index (χ1) is 9.27. The van der Waals surface area contributed by atoms with Crippen LogP contribution in [-0.2, 0) is 5.41 Å². The van der Waals surface area contributed by atoms with E-state index in [4.69, 9.17) is 11.6 Å². The van der Waals surface area contributed by atoms with E-state index in [1.54, 1.807) is 18.2 Å². The van der Waals surface area contributed by atoms with E-state index in [1.165, 1.54) is 11.3 Å². The average Bonchev–Trinajstić information content (AvgIpc) is 2.76. The molecule has 106 valence electrons. The van der Waals surface area contributed by atoms with Crippen LogP contribution in [0.2, 0.25) is 5.02 Å². The lowest BCUT2D eigenvalue weighted by Gasteiger charge is -2.14. The van der Waals surface area contributed by atoms with Crippen LogP contribution in [0.5, 0.6) is 0 Å². The molecule has 0 saturated carbocycles. The largest absolute Gasteiger partial charge is 0.298 e. The number of aromatic nitrogens is 1. The van der Waals surface area contributed by atoms with Gasteiger partial charge in [-0.1, -0.05) is 32.4 Å². The molecule has 2 rings (SSSR count). The van der Waals surface area contributed by atoms with Gasteiger partial charge in [-0.2, -0.15) is 0 Å². The first kappa shape index (κ1) is 15.5. The second-order valence-electron chi connectivity index (χ2n) is 5.37. The Morgan fingerprint density at radius 1 is 1.40 bits per heavy atom. The standard InChI is InChI=1S/C14H14BrClN2OS/c1-14(2,3)11-7-20-13(17-11)18-12(19)9-5-4-8(16)6-10(9)15/h4-7H,1-3H3,(H,17,18,19). The molecule has 3 nitrogen and oxygen atoms in total. The molecule has 0 aliphatic carbocycles. The summed E-state index contributed by atoms with van der Waals surface area (Å²) in [5.41, 5.74) is 1.47. The smallest absolute Gasteiger partial charge is 0.258 e. The Hall–Kier alpha value is -0.910. The summed E-state index contributed by atoms with van der Waals surface area (Å²) in [6.45, 7) is 6.26. The van der Waals surface area contributed by atoms with Gasteiger partial charge in [-0.05, 0) is 34.1 Å². The van der Waals surface area contributed by atoms with Crippen LogP contribution >= 0.6 is 38.9 Å². The lowest BCUT2D eigenvalue weighted by atomic mass is 9.93. The van der Waals surface area contributed by atoms with Crippen LogP contribution in [0, 0.1) is 0 Å². The SMILES string of the molecule is CC(C)(C)c1csc(NC(=O)c2ccc(Cl)cc2Br)n1. The van der Waals surface area contributed by atoms with E-state index in [1.807, 2.05) is 5.38 Å². The number of hydrogen-bond donors (Lipinski definition) is 1. The summed E-state index contributed by atoms with van der Waals surface area (Å²) in [5, 5.41) is 5.95. The average molecular weight is 374 g/mol. The summed E-state index contributed by atoms with van der Waals surface area (Å²) >= 11 is 10.6. The Morgan fingerprint density at radius 3 is 2.65 bits per heavy atom. The number of nitrogens with zero attached hydrogens (tertiary/aromatic N) is 1. The number of nitrogens with one attached hydrogen (secondary N) is 1. The Labute approximate surface area is 135 Å². The van der Waals surface area contributed by atoms with Crippen molar-refractivity contribution in [3.63, 3.8) is 0 Å². The second kappa shape index (κ2) is 5.84. The van der Waals surface area contributed by atoms with Gasteiger partial charge >= 0.3 is 0 Å². The molecule has 0 saturated heterocycles. The van der Waals surface area contributed by atoms with Crippen LogP contribution in [0.3, 0.4) is 0 Å². The number of amides is 1. The molecule has 0 aliphatic rings. The fourth-order valence-corrected chi connectivity index (χ4v) is 3.31. The first-order valence-corrected chi connectivity index (χ1v) is 8.05. The van der Waals surface area contributed by atoms with Crippen LogP contribution in [0.25, 0.3) is 0 Å². The number of halogens is 2. The van der Waals surface area contributed by atoms with Gasteiger partial charge in [-0.3, -0.25) is 10.1 Å². The Balaban J connectivity index is 2.17. The van der Waals surface area contributed by atoms with Gasteiger partial charge in [0, 0.05) is 20.3 Å². The van der Waals surface area contributed by atoms with Crippen molar-refractivity contribution < 1.29 is 4.79 Å². The highest BCUT2D eigenvalue weighted by Crippen LogP contribution is 2.27. The molecule has 1 amide bonds. The molecule has 1 N–H and O–H groups in total. The Bertz CT molecular complexity index is 649. The minimum Gasteiger partial charge on any atom is -0.298 e. The fraction of sp³-hybridized carbons (Fsp3) is 0.286. The van der Waals surface area contributed by atoms with Gasteiger partial charge in [0.15, 0.2) is 5.13 Å².